The van der Waals surface area contributed by atoms with Crippen LogP contribution in [-0.4, -0.2) is 65.5 Å². The van der Waals surface area contributed by atoms with Gasteiger partial charge in [-0.05, 0) is 12.8 Å². The maximum Gasteiger partial charge on any atom is 0.330 e. The molecular weight excluding hydrogens is 645 g/mol. The maximum atomic E-state index is 12.9. The number of ether oxygens (including phenoxy) is 2. The van der Waals surface area contributed by atoms with Gasteiger partial charge in [-0.2, -0.15) is 0 Å². The summed E-state index contributed by atoms with van der Waals surface area (Å²) in [5, 5.41) is 0. The van der Waals surface area contributed by atoms with Crippen molar-refractivity contribution in [3.8, 4) is 0 Å². The fourth-order valence-electron chi connectivity index (χ4n) is 5.65. The summed E-state index contributed by atoms with van der Waals surface area (Å²) < 4.78 is 10.9. The van der Waals surface area contributed by atoms with Crippen molar-refractivity contribution in [2.45, 2.75) is 194 Å². The van der Waals surface area contributed by atoms with Crippen LogP contribution in [0.2, 0.25) is 0 Å². The van der Waals surface area contributed by atoms with Gasteiger partial charge in [0.25, 0.3) is 0 Å². The molecule has 0 bridgehead atoms. The summed E-state index contributed by atoms with van der Waals surface area (Å²) in [5.41, 5.74) is 6.04. The number of nitrogens with two attached hydrogens (primary N) is 1. The van der Waals surface area contributed by atoms with Crippen LogP contribution in [0.3, 0.4) is 0 Å². The molecule has 0 saturated carbocycles. The molecule has 282 valence electrons. The molecule has 10 heteroatoms. The monoisotopic (exact) mass is 716 g/mol. The first-order valence-corrected chi connectivity index (χ1v) is 21.9. The first-order chi connectivity index (χ1) is 23.3. The van der Waals surface area contributed by atoms with Crippen molar-refractivity contribution in [1.82, 2.24) is 4.90 Å². The fourth-order valence-corrected chi connectivity index (χ4v) is 7.94. The molecule has 0 aromatic heterocycles. The summed E-state index contributed by atoms with van der Waals surface area (Å²) in [7, 11) is 2.61. The molecule has 1 unspecified atom stereocenters. The largest absolute Gasteiger partial charge is 0.465 e. The number of rotatable bonds is 34. The van der Waals surface area contributed by atoms with Gasteiger partial charge in [0, 0.05) is 25.4 Å². The predicted molar refractivity (Wildman–Crippen MR) is 204 cm³/mol. The third-order valence-electron chi connectivity index (χ3n) is 8.61. The standard InChI is InChI=1S/C38H72N2O6S2/c1-5-7-9-11-13-15-17-19-21-23-25-27-29-45-37(43)35(39)31-47-48-32-36(40(33(3)41)34(4)42)38(44)46-30-28-26-24-22-20-18-16-14-12-10-8-6-2/h35-36H,5-32,39H2,1-4H3/t35?,36-/m0/s1. The molecule has 8 nitrogen and oxygen atoms in total. The fraction of sp³-hybridized carbons (Fsp3) is 0.895. The van der Waals surface area contributed by atoms with Crippen LogP contribution < -0.4 is 5.73 Å². The van der Waals surface area contributed by atoms with Gasteiger partial charge in [-0.3, -0.25) is 19.3 Å². The van der Waals surface area contributed by atoms with E-state index in [0.717, 1.165) is 43.4 Å². The normalized spacial score (nSPS) is 12.4. The number of carbonyl (C=O) groups excluding carboxylic acids is 4. The number of unbranched alkanes of at least 4 members (excludes halogenated alkanes) is 22. The van der Waals surface area contributed by atoms with E-state index in [1.54, 1.807) is 0 Å². The number of nitrogens with zero attached hydrogens (tertiary/aromatic N) is 1. The number of hydrogen-bond donors (Lipinski definition) is 1. The third kappa shape index (κ3) is 27.5. The molecule has 0 aliphatic rings. The van der Waals surface area contributed by atoms with Gasteiger partial charge in [-0.15, -0.1) is 0 Å². The first kappa shape index (κ1) is 46.7. The SMILES string of the molecule is CCCCCCCCCCCCCCOC(=O)C(N)CSSC[C@@H](C(=O)OCCCCCCCCCCCCCC)N(C(C)=O)C(C)=O. The van der Waals surface area contributed by atoms with E-state index in [-0.39, 0.29) is 12.4 Å². The smallest absolute Gasteiger partial charge is 0.330 e. The lowest BCUT2D eigenvalue weighted by Gasteiger charge is -2.26. The van der Waals surface area contributed by atoms with E-state index in [1.807, 2.05) is 0 Å². The van der Waals surface area contributed by atoms with Gasteiger partial charge in [0.1, 0.15) is 12.1 Å². The number of imide groups is 1. The summed E-state index contributed by atoms with van der Waals surface area (Å²) in [6.45, 7) is 7.68. The summed E-state index contributed by atoms with van der Waals surface area (Å²) in [6.07, 6.45) is 29.5. The van der Waals surface area contributed by atoms with Crippen LogP contribution in [0.4, 0.5) is 0 Å². The van der Waals surface area contributed by atoms with Gasteiger partial charge < -0.3 is 15.2 Å². The highest BCUT2D eigenvalue weighted by molar-refractivity contribution is 8.76. The number of hydrogen-bond acceptors (Lipinski definition) is 9. The van der Waals surface area contributed by atoms with Crippen LogP contribution in [0.5, 0.6) is 0 Å². The highest BCUT2D eigenvalue weighted by atomic mass is 33.1. The molecule has 0 spiro atoms. The van der Waals surface area contributed by atoms with Crippen molar-refractivity contribution in [1.29, 1.82) is 0 Å². The van der Waals surface area contributed by atoms with Crippen LogP contribution in [0.15, 0.2) is 0 Å². The molecule has 0 aliphatic heterocycles. The maximum absolute atomic E-state index is 12.9. The van der Waals surface area contributed by atoms with Crippen LogP contribution in [-0.2, 0) is 28.7 Å². The van der Waals surface area contributed by atoms with Crippen LogP contribution in [0.1, 0.15) is 182 Å². The van der Waals surface area contributed by atoms with E-state index in [9.17, 15) is 19.2 Å². The number of carbonyl (C=O) groups is 4. The minimum absolute atomic E-state index is 0.154. The highest BCUT2D eigenvalue weighted by Gasteiger charge is 2.32. The molecule has 0 fully saturated rings. The van der Waals surface area contributed by atoms with Gasteiger partial charge in [0.15, 0.2) is 0 Å². The Kier molecular flexibility index (Phi) is 33.3. The molecule has 2 N–H and O–H groups in total. The van der Waals surface area contributed by atoms with E-state index in [2.05, 4.69) is 13.8 Å². The van der Waals surface area contributed by atoms with E-state index in [0.29, 0.717) is 12.4 Å². The van der Waals surface area contributed by atoms with Crippen molar-refractivity contribution in [2.24, 2.45) is 5.73 Å². The van der Waals surface area contributed by atoms with Crippen LogP contribution in [0, 0.1) is 0 Å². The second-order valence-corrected chi connectivity index (χ2v) is 15.8. The minimum Gasteiger partial charge on any atom is -0.465 e. The zero-order valence-corrected chi connectivity index (χ0v) is 32.9. The molecule has 0 aromatic rings. The minimum atomic E-state index is -1.02. The number of esters is 2. The van der Waals surface area contributed by atoms with Gasteiger partial charge >= 0.3 is 11.9 Å². The van der Waals surface area contributed by atoms with Crippen LogP contribution >= 0.6 is 21.6 Å². The van der Waals surface area contributed by atoms with Crippen molar-refractivity contribution >= 4 is 45.3 Å². The molecular formula is C38H72N2O6S2. The average molecular weight is 717 g/mol. The Hall–Kier alpha value is -1.26. The first-order valence-electron chi connectivity index (χ1n) is 19.4. The molecule has 48 heavy (non-hydrogen) atoms. The molecule has 0 heterocycles. The lowest BCUT2D eigenvalue weighted by atomic mass is 10.1. The topological polar surface area (TPSA) is 116 Å². The van der Waals surface area contributed by atoms with E-state index < -0.39 is 35.8 Å². The molecule has 2 atom stereocenters. The van der Waals surface area contributed by atoms with E-state index >= 15 is 0 Å². The van der Waals surface area contributed by atoms with Crippen molar-refractivity contribution < 1.29 is 28.7 Å². The van der Waals surface area contributed by atoms with Gasteiger partial charge in [-0.25, -0.2) is 4.79 Å². The summed E-state index contributed by atoms with van der Waals surface area (Å²) in [5.74, 6) is -1.57. The van der Waals surface area contributed by atoms with Gasteiger partial charge in [-0.1, -0.05) is 177 Å². The molecule has 0 saturated heterocycles. The molecule has 0 rings (SSSR count). The second-order valence-electron chi connectivity index (χ2n) is 13.2. The number of amides is 2. The molecule has 0 aliphatic carbocycles. The zero-order valence-electron chi connectivity index (χ0n) is 31.2. The Bertz CT molecular complexity index is 802. The van der Waals surface area contributed by atoms with Gasteiger partial charge in [0.05, 0.1) is 13.2 Å². The van der Waals surface area contributed by atoms with E-state index in [1.165, 1.54) is 151 Å². The molecule has 2 amide bonds. The molecule has 0 radical (unpaired) electrons. The second kappa shape index (κ2) is 34.2. The molecule has 0 aromatic carbocycles. The summed E-state index contributed by atoms with van der Waals surface area (Å²) >= 11 is 0. The Labute approximate surface area is 302 Å². The predicted octanol–water partition coefficient (Wildman–Crippen LogP) is 9.95. The third-order valence-corrected chi connectivity index (χ3v) is 11.0. The summed E-state index contributed by atoms with van der Waals surface area (Å²) in [4.78, 5) is 50.7. The Morgan fingerprint density at radius 1 is 0.500 bits per heavy atom. The van der Waals surface area contributed by atoms with Crippen molar-refractivity contribution in [3.05, 3.63) is 0 Å². The quantitative estimate of drug-likeness (QED) is 0.0395. The average Bonchev–Trinajstić information content (AvgIpc) is 3.05. The summed E-state index contributed by atoms with van der Waals surface area (Å²) in [6, 6.07) is -1.81. The Morgan fingerprint density at radius 2 is 0.812 bits per heavy atom. The Balaban J connectivity index is 4.18. The highest BCUT2D eigenvalue weighted by Crippen LogP contribution is 2.25. The van der Waals surface area contributed by atoms with Gasteiger partial charge in [0.2, 0.25) is 11.8 Å². The van der Waals surface area contributed by atoms with E-state index in [4.69, 9.17) is 15.2 Å². The van der Waals surface area contributed by atoms with Crippen molar-refractivity contribution in [2.75, 3.05) is 24.7 Å². The zero-order chi connectivity index (χ0) is 35.7. The van der Waals surface area contributed by atoms with Crippen molar-refractivity contribution in [3.63, 3.8) is 0 Å². The Morgan fingerprint density at radius 3 is 1.17 bits per heavy atom. The van der Waals surface area contributed by atoms with Crippen LogP contribution in [0.25, 0.3) is 0 Å². The lowest BCUT2D eigenvalue weighted by molar-refractivity contribution is -0.159. The lowest BCUT2D eigenvalue weighted by Crippen LogP contribution is -2.49.